The summed E-state index contributed by atoms with van der Waals surface area (Å²) in [5, 5.41) is 0.800. The van der Waals surface area contributed by atoms with Crippen LogP contribution in [0.2, 0.25) is 5.02 Å². The Balaban J connectivity index is 2.27. The lowest BCUT2D eigenvalue weighted by Crippen LogP contribution is -2.25. The summed E-state index contributed by atoms with van der Waals surface area (Å²) in [5.41, 5.74) is 4.61. The van der Waals surface area contributed by atoms with Crippen molar-refractivity contribution in [3.8, 4) is 0 Å². The van der Waals surface area contributed by atoms with Gasteiger partial charge < -0.3 is 0 Å². The molecule has 22 heavy (non-hydrogen) atoms. The minimum Gasteiger partial charge on any atom is -0.0840 e. The first-order valence-corrected chi connectivity index (χ1v) is 7.88. The van der Waals surface area contributed by atoms with Crippen LogP contribution in [0.1, 0.15) is 29.2 Å². The largest absolute Gasteiger partial charge is 0.0840 e. The molecule has 0 aliphatic carbocycles. The lowest BCUT2D eigenvalue weighted by Gasteiger charge is -2.32. The Bertz CT molecular complexity index is 759. The SMILES string of the molecule is Cc1ccc(C(C)(c2ccccc2)c2ccccc2Cl)cc1. The van der Waals surface area contributed by atoms with E-state index in [0.29, 0.717) is 0 Å². The van der Waals surface area contributed by atoms with E-state index in [2.05, 4.69) is 74.5 Å². The smallest absolute Gasteiger partial charge is 0.0450 e. The van der Waals surface area contributed by atoms with E-state index in [-0.39, 0.29) is 5.41 Å². The Hall–Kier alpha value is -2.05. The van der Waals surface area contributed by atoms with Gasteiger partial charge >= 0.3 is 0 Å². The van der Waals surface area contributed by atoms with Gasteiger partial charge in [0.1, 0.15) is 0 Å². The van der Waals surface area contributed by atoms with Crippen LogP contribution < -0.4 is 0 Å². The molecule has 3 aromatic rings. The predicted molar refractivity (Wildman–Crippen MR) is 94.6 cm³/mol. The molecular weight excluding hydrogens is 288 g/mol. The van der Waals surface area contributed by atoms with Gasteiger partial charge in [-0.1, -0.05) is 90.0 Å². The van der Waals surface area contributed by atoms with E-state index in [4.69, 9.17) is 11.6 Å². The quantitative estimate of drug-likeness (QED) is 0.520. The first-order chi connectivity index (χ1) is 10.6. The van der Waals surface area contributed by atoms with Crippen molar-refractivity contribution in [1.29, 1.82) is 0 Å². The highest BCUT2D eigenvalue weighted by molar-refractivity contribution is 6.31. The average Bonchev–Trinajstić information content (AvgIpc) is 2.56. The van der Waals surface area contributed by atoms with Gasteiger partial charge in [0.15, 0.2) is 0 Å². The Morgan fingerprint density at radius 1 is 0.682 bits per heavy atom. The van der Waals surface area contributed by atoms with Crippen molar-refractivity contribution in [2.75, 3.05) is 0 Å². The van der Waals surface area contributed by atoms with Crippen LogP contribution in [0.4, 0.5) is 0 Å². The minimum absolute atomic E-state index is 0.271. The fraction of sp³-hybridized carbons (Fsp3) is 0.143. The molecule has 1 atom stereocenters. The van der Waals surface area contributed by atoms with E-state index < -0.39 is 0 Å². The Labute approximate surface area is 137 Å². The second-order valence-corrected chi connectivity index (χ2v) is 6.24. The molecule has 0 heterocycles. The summed E-state index contributed by atoms with van der Waals surface area (Å²) < 4.78 is 0. The maximum absolute atomic E-state index is 6.54. The molecule has 0 radical (unpaired) electrons. The van der Waals surface area contributed by atoms with Crippen molar-refractivity contribution in [3.63, 3.8) is 0 Å². The molecule has 0 aliphatic rings. The molecule has 0 saturated heterocycles. The van der Waals surface area contributed by atoms with Gasteiger partial charge in [0.2, 0.25) is 0 Å². The Kier molecular flexibility index (Phi) is 4.04. The maximum Gasteiger partial charge on any atom is 0.0450 e. The lowest BCUT2D eigenvalue weighted by atomic mass is 9.71. The monoisotopic (exact) mass is 306 g/mol. The zero-order valence-corrected chi connectivity index (χ0v) is 13.6. The van der Waals surface area contributed by atoms with Gasteiger partial charge in [-0.05, 0) is 36.6 Å². The van der Waals surface area contributed by atoms with Crippen molar-refractivity contribution in [1.82, 2.24) is 0 Å². The van der Waals surface area contributed by atoms with E-state index in [1.807, 2.05) is 18.2 Å². The molecule has 1 unspecified atom stereocenters. The topological polar surface area (TPSA) is 0 Å². The molecule has 0 nitrogen and oxygen atoms in total. The molecule has 0 fully saturated rings. The van der Waals surface area contributed by atoms with E-state index in [9.17, 15) is 0 Å². The molecule has 0 aromatic heterocycles. The first-order valence-electron chi connectivity index (χ1n) is 7.50. The van der Waals surface area contributed by atoms with E-state index in [1.165, 1.54) is 16.7 Å². The number of hydrogen-bond acceptors (Lipinski definition) is 0. The number of halogens is 1. The van der Waals surface area contributed by atoms with Gasteiger partial charge in [0.25, 0.3) is 0 Å². The fourth-order valence-corrected chi connectivity index (χ4v) is 3.33. The third kappa shape index (κ3) is 2.55. The zero-order valence-electron chi connectivity index (χ0n) is 12.9. The Morgan fingerprint density at radius 2 is 1.23 bits per heavy atom. The standard InChI is InChI=1S/C21H19Cl/c1-16-12-14-18(15-13-16)21(2,17-8-4-3-5-9-17)19-10-6-7-11-20(19)22/h3-15H,1-2H3. The summed E-state index contributed by atoms with van der Waals surface area (Å²) in [7, 11) is 0. The van der Waals surface area contributed by atoms with Crippen LogP contribution in [0.3, 0.4) is 0 Å². The van der Waals surface area contributed by atoms with Crippen LogP contribution in [-0.2, 0) is 5.41 Å². The van der Waals surface area contributed by atoms with Crippen molar-refractivity contribution in [3.05, 3.63) is 106 Å². The van der Waals surface area contributed by atoms with Gasteiger partial charge in [-0.15, -0.1) is 0 Å². The summed E-state index contributed by atoms with van der Waals surface area (Å²) in [6.45, 7) is 4.35. The van der Waals surface area contributed by atoms with Gasteiger partial charge in [0.05, 0.1) is 0 Å². The number of aryl methyl sites for hydroxylation is 1. The molecule has 0 saturated carbocycles. The van der Waals surface area contributed by atoms with Crippen molar-refractivity contribution in [2.24, 2.45) is 0 Å². The molecule has 0 bridgehead atoms. The first kappa shape index (κ1) is 14.9. The Morgan fingerprint density at radius 3 is 1.86 bits per heavy atom. The second kappa shape index (κ2) is 5.98. The third-order valence-electron chi connectivity index (χ3n) is 4.39. The maximum atomic E-state index is 6.54. The van der Waals surface area contributed by atoms with E-state index in [0.717, 1.165) is 10.6 Å². The third-order valence-corrected chi connectivity index (χ3v) is 4.72. The van der Waals surface area contributed by atoms with Crippen LogP contribution in [0.25, 0.3) is 0 Å². The summed E-state index contributed by atoms with van der Waals surface area (Å²) in [6.07, 6.45) is 0. The second-order valence-electron chi connectivity index (χ2n) is 5.84. The van der Waals surface area contributed by atoms with Gasteiger partial charge in [-0.2, -0.15) is 0 Å². The van der Waals surface area contributed by atoms with Crippen LogP contribution in [0.5, 0.6) is 0 Å². The van der Waals surface area contributed by atoms with Crippen molar-refractivity contribution >= 4 is 11.6 Å². The van der Waals surface area contributed by atoms with E-state index >= 15 is 0 Å². The predicted octanol–water partition coefficient (Wildman–Crippen LogP) is 6.00. The highest BCUT2D eigenvalue weighted by Gasteiger charge is 2.32. The van der Waals surface area contributed by atoms with Gasteiger partial charge in [-0.25, -0.2) is 0 Å². The van der Waals surface area contributed by atoms with Gasteiger partial charge in [0, 0.05) is 10.4 Å². The summed E-state index contributed by atoms with van der Waals surface area (Å²) in [4.78, 5) is 0. The highest BCUT2D eigenvalue weighted by atomic mass is 35.5. The van der Waals surface area contributed by atoms with Crippen LogP contribution in [0.15, 0.2) is 78.9 Å². The zero-order chi connectivity index (χ0) is 15.6. The van der Waals surface area contributed by atoms with Crippen LogP contribution >= 0.6 is 11.6 Å². The molecule has 110 valence electrons. The molecule has 3 rings (SSSR count). The average molecular weight is 307 g/mol. The molecule has 0 amide bonds. The minimum atomic E-state index is -0.271. The molecule has 0 spiro atoms. The molecule has 0 aliphatic heterocycles. The summed E-state index contributed by atoms with van der Waals surface area (Å²) >= 11 is 6.54. The lowest BCUT2D eigenvalue weighted by molar-refractivity contribution is 0.692. The summed E-state index contributed by atoms with van der Waals surface area (Å²) in [5.74, 6) is 0. The number of benzene rings is 3. The van der Waals surface area contributed by atoms with E-state index in [1.54, 1.807) is 0 Å². The highest BCUT2D eigenvalue weighted by Crippen LogP contribution is 2.41. The number of rotatable bonds is 3. The van der Waals surface area contributed by atoms with Crippen LogP contribution in [-0.4, -0.2) is 0 Å². The molecule has 3 aromatic carbocycles. The molecular formula is C21H19Cl. The van der Waals surface area contributed by atoms with Crippen molar-refractivity contribution < 1.29 is 0 Å². The number of hydrogen-bond donors (Lipinski definition) is 0. The summed E-state index contributed by atoms with van der Waals surface area (Å²) in [6, 6.07) is 27.4. The van der Waals surface area contributed by atoms with Crippen LogP contribution in [0, 0.1) is 6.92 Å². The molecule has 0 N–H and O–H groups in total. The van der Waals surface area contributed by atoms with Crippen molar-refractivity contribution in [2.45, 2.75) is 19.3 Å². The normalized spacial score (nSPS) is 13.6. The van der Waals surface area contributed by atoms with Gasteiger partial charge in [-0.3, -0.25) is 0 Å². The molecule has 1 heteroatoms. The fourth-order valence-electron chi connectivity index (χ4n) is 3.00.